The van der Waals surface area contributed by atoms with Crippen LogP contribution >= 0.6 is 11.8 Å². The molecule has 6 nitrogen and oxygen atoms in total. The first-order valence-corrected chi connectivity index (χ1v) is 6.14. The van der Waals surface area contributed by atoms with Crippen molar-refractivity contribution in [3.05, 3.63) is 36.0 Å². The van der Waals surface area contributed by atoms with Crippen LogP contribution in [0, 0.1) is 6.92 Å². The zero-order chi connectivity index (χ0) is 12.5. The van der Waals surface area contributed by atoms with Crippen molar-refractivity contribution in [3.63, 3.8) is 0 Å². The molecule has 3 aromatic rings. The number of nitrogens with zero attached hydrogens (tertiary/aromatic N) is 4. The molecule has 3 rings (SSSR count). The van der Waals surface area contributed by atoms with E-state index in [1.807, 2.05) is 28.8 Å². The van der Waals surface area contributed by atoms with Gasteiger partial charge >= 0.3 is 0 Å². The van der Waals surface area contributed by atoms with Gasteiger partial charge < -0.3 is 13.9 Å². The summed E-state index contributed by atoms with van der Waals surface area (Å²) in [6, 6.07) is 5.66. The minimum atomic E-state index is -0.0966. The maximum Gasteiger partial charge on any atom is 0.282 e. The summed E-state index contributed by atoms with van der Waals surface area (Å²) in [4.78, 5) is 4.43. The Morgan fingerprint density at radius 1 is 1.39 bits per heavy atom. The summed E-state index contributed by atoms with van der Waals surface area (Å²) in [7, 11) is 0. The smallest absolute Gasteiger partial charge is 0.282 e. The number of pyridine rings is 1. The number of aromatic nitrogens is 4. The van der Waals surface area contributed by atoms with Gasteiger partial charge in [-0.1, -0.05) is 6.07 Å². The second-order valence-corrected chi connectivity index (χ2v) is 4.58. The summed E-state index contributed by atoms with van der Waals surface area (Å²) < 4.78 is 7.13. The molecule has 7 heteroatoms. The molecule has 0 fully saturated rings. The van der Waals surface area contributed by atoms with E-state index in [0.717, 1.165) is 5.65 Å². The molecule has 3 heterocycles. The standard InChI is InChI=1S/C11H10N4O2S/c1-7-13-14-11(17-7)18-10-8(6-16)15-5-3-2-4-9(15)12-10/h2-5,16H,6H2,1H3. The summed E-state index contributed by atoms with van der Waals surface area (Å²) in [5.74, 6) is 0.506. The predicted octanol–water partition coefficient (Wildman–Crippen LogP) is 1.67. The normalized spacial score (nSPS) is 11.2. The fourth-order valence-corrected chi connectivity index (χ4v) is 2.48. The van der Waals surface area contributed by atoms with Gasteiger partial charge in [0.25, 0.3) is 5.22 Å². The van der Waals surface area contributed by atoms with Gasteiger partial charge in [-0.15, -0.1) is 10.2 Å². The number of imidazole rings is 1. The van der Waals surface area contributed by atoms with Crippen LogP contribution in [0.2, 0.25) is 0 Å². The molecule has 1 N–H and O–H groups in total. The van der Waals surface area contributed by atoms with E-state index in [2.05, 4.69) is 15.2 Å². The van der Waals surface area contributed by atoms with Gasteiger partial charge in [-0.05, 0) is 23.9 Å². The molecular formula is C11H10N4O2S. The van der Waals surface area contributed by atoms with Crippen molar-refractivity contribution in [2.75, 3.05) is 0 Å². The SMILES string of the molecule is Cc1nnc(Sc2nc3ccccn3c2CO)o1. The molecule has 0 aromatic carbocycles. The van der Waals surface area contributed by atoms with Crippen LogP contribution in [0.1, 0.15) is 11.6 Å². The molecule has 0 amide bonds. The third-order valence-corrected chi connectivity index (χ3v) is 3.29. The molecule has 0 aliphatic carbocycles. The first-order valence-electron chi connectivity index (χ1n) is 5.32. The molecule has 18 heavy (non-hydrogen) atoms. The Balaban J connectivity index is 2.05. The highest BCUT2D eigenvalue weighted by atomic mass is 32.2. The molecule has 0 aliphatic heterocycles. The number of aliphatic hydroxyl groups excluding tert-OH is 1. The Labute approximate surface area is 107 Å². The van der Waals surface area contributed by atoms with Gasteiger partial charge in [0.05, 0.1) is 12.3 Å². The number of rotatable bonds is 3. The lowest BCUT2D eigenvalue weighted by Crippen LogP contribution is -1.92. The van der Waals surface area contributed by atoms with E-state index in [4.69, 9.17) is 4.42 Å². The first kappa shape index (κ1) is 11.2. The second-order valence-electron chi connectivity index (χ2n) is 3.64. The fourth-order valence-electron chi connectivity index (χ4n) is 1.65. The van der Waals surface area contributed by atoms with Crippen LogP contribution in [-0.2, 0) is 6.61 Å². The first-order chi connectivity index (χ1) is 8.78. The second kappa shape index (κ2) is 4.43. The van der Waals surface area contributed by atoms with Crippen molar-refractivity contribution >= 4 is 17.4 Å². The molecule has 0 atom stereocenters. The molecule has 0 spiro atoms. The number of fused-ring (bicyclic) bond motifs is 1. The molecule has 0 aliphatic rings. The molecular weight excluding hydrogens is 252 g/mol. The summed E-state index contributed by atoms with van der Waals surface area (Å²) >= 11 is 1.25. The van der Waals surface area contributed by atoms with Crippen LogP contribution in [0.5, 0.6) is 0 Å². The van der Waals surface area contributed by atoms with E-state index in [0.29, 0.717) is 21.8 Å². The van der Waals surface area contributed by atoms with Crippen LogP contribution in [-0.4, -0.2) is 24.7 Å². The zero-order valence-electron chi connectivity index (χ0n) is 9.57. The van der Waals surface area contributed by atoms with E-state index in [-0.39, 0.29) is 6.61 Å². The van der Waals surface area contributed by atoms with Crippen molar-refractivity contribution in [1.82, 2.24) is 19.6 Å². The molecule has 3 aromatic heterocycles. The van der Waals surface area contributed by atoms with Gasteiger partial charge in [-0.2, -0.15) is 0 Å². The van der Waals surface area contributed by atoms with Crippen LogP contribution < -0.4 is 0 Å². The van der Waals surface area contributed by atoms with Crippen molar-refractivity contribution in [2.24, 2.45) is 0 Å². The van der Waals surface area contributed by atoms with Gasteiger partial charge in [0.15, 0.2) is 0 Å². The number of aliphatic hydroxyl groups is 1. The lowest BCUT2D eigenvalue weighted by atomic mass is 10.4. The van der Waals surface area contributed by atoms with Crippen LogP contribution in [0.15, 0.2) is 39.1 Å². The minimum absolute atomic E-state index is 0.0966. The third kappa shape index (κ3) is 1.87. The van der Waals surface area contributed by atoms with E-state index >= 15 is 0 Å². The highest BCUT2D eigenvalue weighted by molar-refractivity contribution is 7.99. The Kier molecular flexibility index (Phi) is 2.77. The maximum absolute atomic E-state index is 9.45. The van der Waals surface area contributed by atoms with Gasteiger partial charge in [-0.25, -0.2) is 4.98 Å². The lowest BCUT2D eigenvalue weighted by molar-refractivity contribution is 0.272. The van der Waals surface area contributed by atoms with Crippen molar-refractivity contribution in [3.8, 4) is 0 Å². The van der Waals surface area contributed by atoms with Crippen molar-refractivity contribution in [1.29, 1.82) is 0 Å². The van der Waals surface area contributed by atoms with Gasteiger partial charge in [-0.3, -0.25) is 0 Å². The number of hydrogen-bond donors (Lipinski definition) is 1. The predicted molar refractivity (Wildman–Crippen MR) is 64.3 cm³/mol. The average Bonchev–Trinajstić information content (AvgIpc) is 2.92. The highest BCUT2D eigenvalue weighted by Crippen LogP contribution is 2.29. The summed E-state index contributed by atoms with van der Waals surface area (Å²) in [5.41, 5.74) is 1.49. The third-order valence-electron chi connectivity index (χ3n) is 2.43. The Hall–Kier alpha value is -1.86. The Morgan fingerprint density at radius 3 is 3.00 bits per heavy atom. The van der Waals surface area contributed by atoms with Gasteiger partial charge in [0.1, 0.15) is 10.7 Å². The molecule has 0 saturated heterocycles. The van der Waals surface area contributed by atoms with Crippen LogP contribution in [0.4, 0.5) is 0 Å². The van der Waals surface area contributed by atoms with Gasteiger partial charge in [0.2, 0.25) is 5.89 Å². The monoisotopic (exact) mass is 262 g/mol. The van der Waals surface area contributed by atoms with Crippen LogP contribution in [0.3, 0.4) is 0 Å². The highest BCUT2D eigenvalue weighted by Gasteiger charge is 2.15. The van der Waals surface area contributed by atoms with Crippen molar-refractivity contribution < 1.29 is 9.52 Å². The van der Waals surface area contributed by atoms with E-state index in [9.17, 15) is 5.11 Å². The van der Waals surface area contributed by atoms with E-state index in [1.165, 1.54) is 11.8 Å². The summed E-state index contributed by atoms with van der Waals surface area (Å²) in [6.45, 7) is 1.63. The number of hydrogen-bond acceptors (Lipinski definition) is 6. The topological polar surface area (TPSA) is 76.5 Å². The summed E-state index contributed by atoms with van der Waals surface area (Å²) in [5, 5.41) is 18.2. The minimum Gasteiger partial charge on any atom is -0.416 e. The molecule has 0 radical (unpaired) electrons. The van der Waals surface area contributed by atoms with Crippen molar-refractivity contribution in [2.45, 2.75) is 23.8 Å². The summed E-state index contributed by atoms with van der Waals surface area (Å²) in [6.07, 6.45) is 1.86. The number of aryl methyl sites for hydroxylation is 1. The van der Waals surface area contributed by atoms with Gasteiger partial charge in [0, 0.05) is 13.1 Å². The largest absolute Gasteiger partial charge is 0.416 e. The lowest BCUT2D eigenvalue weighted by Gasteiger charge is -1.98. The van der Waals surface area contributed by atoms with Crippen LogP contribution in [0.25, 0.3) is 5.65 Å². The average molecular weight is 262 g/mol. The molecule has 0 saturated carbocycles. The Morgan fingerprint density at radius 2 is 2.28 bits per heavy atom. The molecule has 0 unspecified atom stereocenters. The van der Waals surface area contributed by atoms with E-state index < -0.39 is 0 Å². The fraction of sp³-hybridized carbons (Fsp3) is 0.182. The molecule has 92 valence electrons. The zero-order valence-corrected chi connectivity index (χ0v) is 10.4. The van der Waals surface area contributed by atoms with E-state index in [1.54, 1.807) is 6.92 Å². The quantitative estimate of drug-likeness (QED) is 0.773. The maximum atomic E-state index is 9.45. The molecule has 0 bridgehead atoms. The Bertz CT molecular complexity index is 691.